The number of carbonyl (C=O) groups is 1. The van der Waals surface area contributed by atoms with E-state index in [2.05, 4.69) is 10.0 Å². The quantitative estimate of drug-likeness (QED) is 0.855. The van der Waals surface area contributed by atoms with Gasteiger partial charge in [-0.15, -0.1) is 11.3 Å². The van der Waals surface area contributed by atoms with Gasteiger partial charge in [0.25, 0.3) is 5.91 Å². The molecule has 0 radical (unpaired) electrons. The van der Waals surface area contributed by atoms with Crippen LogP contribution in [0.3, 0.4) is 0 Å². The van der Waals surface area contributed by atoms with Crippen LogP contribution in [0.25, 0.3) is 0 Å². The molecule has 2 heterocycles. The van der Waals surface area contributed by atoms with Crippen molar-refractivity contribution in [3.63, 3.8) is 0 Å². The van der Waals surface area contributed by atoms with E-state index >= 15 is 0 Å². The van der Waals surface area contributed by atoms with Gasteiger partial charge >= 0.3 is 0 Å². The minimum absolute atomic E-state index is 0.0542. The SMILES string of the molecule is O=C(NC1CCc2cc(Cl)ccc21)c1cc2c(s1)CNS2(=O)=O. The molecule has 0 fully saturated rings. The zero-order valence-corrected chi connectivity index (χ0v) is 14.3. The molecular weight excluding hydrogens is 356 g/mol. The summed E-state index contributed by atoms with van der Waals surface area (Å²) in [5.41, 5.74) is 2.24. The lowest BCUT2D eigenvalue weighted by Gasteiger charge is -2.13. The molecule has 1 aliphatic carbocycles. The predicted octanol–water partition coefficient (Wildman–Crippen LogP) is 2.61. The van der Waals surface area contributed by atoms with Crippen LogP contribution in [-0.2, 0) is 23.0 Å². The molecule has 1 aromatic heterocycles. The Bertz CT molecular complexity index is 921. The van der Waals surface area contributed by atoms with Crippen LogP contribution in [0.2, 0.25) is 5.02 Å². The van der Waals surface area contributed by atoms with Crippen molar-refractivity contribution in [2.24, 2.45) is 0 Å². The van der Waals surface area contributed by atoms with Crippen molar-refractivity contribution in [3.8, 4) is 0 Å². The Balaban J connectivity index is 1.57. The number of benzene rings is 1. The van der Waals surface area contributed by atoms with E-state index < -0.39 is 10.0 Å². The van der Waals surface area contributed by atoms with Crippen LogP contribution in [0, 0.1) is 0 Å². The lowest BCUT2D eigenvalue weighted by atomic mass is 10.1. The van der Waals surface area contributed by atoms with Gasteiger partial charge < -0.3 is 5.32 Å². The van der Waals surface area contributed by atoms with Crippen LogP contribution in [0.1, 0.15) is 38.1 Å². The predicted molar refractivity (Wildman–Crippen MR) is 88.3 cm³/mol. The molecule has 1 atom stereocenters. The maximum absolute atomic E-state index is 12.5. The first-order valence-electron chi connectivity index (χ1n) is 7.15. The zero-order valence-electron chi connectivity index (χ0n) is 11.9. The van der Waals surface area contributed by atoms with Crippen molar-refractivity contribution < 1.29 is 13.2 Å². The number of halogens is 1. The molecule has 1 amide bonds. The molecule has 5 nitrogen and oxygen atoms in total. The van der Waals surface area contributed by atoms with Gasteiger partial charge in [0.2, 0.25) is 10.0 Å². The van der Waals surface area contributed by atoms with E-state index in [-0.39, 0.29) is 23.4 Å². The smallest absolute Gasteiger partial charge is 0.261 e. The number of hydrogen-bond acceptors (Lipinski definition) is 4. The van der Waals surface area contributed by atoms with Crippen molar-refractivity contribution >= 4 is 38.9 Å². The highest BCUT2D eigenvalue weighted by atomic mass is 35.5. The van der Waals surface area contributed by atoms with Gasteiger partial charge in [-0.25, -0.2) is 13.1 Å². The van der Waals surface area contributed by atoms with Gasteiger partial charge in [-0.3, -0.25) is 4.79 Å². The van der Waals surface area contributed by atoms with Crippen LogP contribution in [0.5, 0.6) is 0 Å². The van der Waals surface area contributed by atoms with Crippen LogP contribution < -0.4 is 10.0 Å². The molecule has 0 saturated carbocycles. The summed E-state index contributed by atoms with van der Waals surface area (Å²) in [6, 6.07) is 7.10. The van der Waals surface area contributed by atoms with Crippen molar-refractivity contribution in [2.75, 3.05) is 0 Å². The van der Waals surface area contributed by atoms with Gasteiger partial charge in [0.1, 0.15) is 0 Å². The number of aryl methyl sites for hydroxylation is 1. The summed E-state index contributed by atoms with van der Waals surface area (Å²) >= 11 is 7.22. The Morgan fingerprint density at radius 2 is 2.17 bits per heavy atom. The topological polar surface area (TPSA) is 75.3 Å². The van der Waals surface area contributed by atoms with Crippen LogP contribution in [-0.4, -0.2) is 14.3 Å². The molecule has 1 aromatic carbocycles. The molecule has 0 bridgehead atoms. The van der Waals surface area contributed by atoms with Crippen LogP contribution >= 0.6 is 22.9 Å². The lowest BCUT2D eigenvalue weighted by molar-refractivity contribution is 0.0940. The maximum Gasteiger partial charge on any atom is 0.261 e. The molecule has 23 heavy (non-hydrogen) atoms. The van der Waals surface area contributed by atoms with Crippen molar-refractivity contribution in [3.05, 3.63) is 50.2 Å². The third-order valence-electron chi connectivity index (χ3n) is 4.19. The molecule has 2 aliphatic rings. The van der Waals surface area contributed by atoms with Gasteiger partial charge in [0.05, 0.1) is 15.8 Å². The van der Waals surface area contributed by atoms with E-state index in [9.17, 15) is 13.2 Å². The first kappa shape index (κ1) is 15.1. The highest BCUT2D eigenvalue weighted by molar-refractivity contribution is 7.90. The number of hydrogen-bond donors (Lipinski definition) is 2. The van der Waals surface area contributed by atoms with Gasteiger partial charge in [0, 0.05) is 16.4 Å². The normalized spacial score (nSPS) is 21.0. The van der Waals surface area contributed by atoms with E-state index in [1.165, 1.54) is 17.4 Å². The van der Waals surface area contributed by atoms with Crippen molar-refractivity contribution in [2.45, 2.75) is 30.3 Å². The largest absolute Gasteiger partial charge is 0.345 e. The van der Waals surface area contributed by atoms with Gasteiger partial charge in [0.15, 0.2) is 0 Å². The van der Waals surface area contributed by atoms with E-state index in [0.717, 1.165) is 24.0 Å². The van der Waals surface area contributed by atoms with E-state index in [4.69, 9.17) is 11.6 Å². The van der Waals surface area contributed by atoms with Crippen molar-refractivity contribution in [1.82, 2.24) is 10.0 Å². The summed E-state index contributed by atoms with van der Waals surface area (Å²) in [6.07, 6.45) is 1.70. The Morgan fingerprint density at radius 1 is 1.35 bits per heavy atom. The summed E-state index contributed by atoms with van der Waals surface area (Å²) in [5.74, 6) is -0.229. The Kier molecular flexibility index (Phi) is 3.49. The average molecular weight is 369 g/mol. The molecule has 1 aliphatic heterocycles. The number of nitrogens with one attached hydrogen (secondary N) is 2. The number of rotatable bonds is 2. The molecule has 4 rings (SSSR count). The average Bonchev–Trinajstić information content (AvgIpc) is 3.15. The van der Waals surface area contributed by atoms with Gasteiger partial charge in [-0.2, -0.15) is 0 Å². The van der Waals surface area contributed by atoms with Crippen LogP contribution in [0.15, 0.2) is 29.2 Å². The Hall–Kier alpha value is -1.41. The number of amides is 1. The Morgan fingerprint density at radius 3 is 2.96 bits per heavy atom. The lowest BCUT2D eigenvalue weighted by Crippen LogP contribution is -2.26. The van der Waals surface area contributed by atoms with Gasteiger partial charge in [-0.1, -0.05) is 17.7 Å². The monoisotopic (exact) mass is 368 g/mol. The number of thiophene rings is 1. The summed E-state index contributed by atoms with van der Waals surface area (Å²) in [6.45, 7) is 0.264. The third-order valence-corrected chi connectivity index (χ3v) is 7.16. The highest BCUT2D eigenvalue weighted by Crippen LogP contribution is 2.34. The minimum atomic E-state index is -3.43. The second-order valence-corrected chi connectivity index (χ2v) is 8.94. The summed E-state index contributed by atoms with van der Waals surface area (Å²) in [5, 5.41) is 3.70. The summed E-state index contributed by atoms with van der Waals surface area (Å²) < 4.78 is 26.0. The standard InChI is InChI=1S/C15H13ClN2O3S2/c16-9-2-3-10-8(5-9)1-4-11(10)18-15(19)12-6-14-13(22-12)7-17-23(14,20)21/h2-3,5-6,11,17H,1,4,7H2,(H,18,19). The fourth-order valence-corrected chi connectivity index (χ4v) is 5.93. The fourth-order valence-electron chi connectivity index (χ4n) is 3.08. The second kappa shape index (κ2) is 5.31. The second-order valence-electron chi connectivity index (χ2n) is 5.63. The maximum atomic E-state index is 12.5. The summed E-state index contributed by atoms with van der Waals surface area (Å²) in [4.78, 5) is 13.8. The molecule has 0 saturated heterocycles. The third kappa shape index (κ3) is 2.57. The Labute approximate surface area is 142 Å². The number of carbonyl (C=O) groups excluding carboxylic acids is 1. The van der Waals surface area contributed by atoms with E-state index in [1.54, 1.807) is 0 Å². The number of sulfonamides is 1. The molecular formula is C15H13ClN2O3S2. The zero-order chi connectivity index (χ0) is 16.2. The molecule has 2 N–H and O–H groups in total. The van der Waals surface area contributed by atoms with Crippen LogP contribution in [0.4, 0.5) is 0 Å². The van der Waals surface area contributed by atoms with E-state index in [0.29, 0.717) is 14.8 Å². The first-order chi connectivity index (χ1) is 10.9. The highest BCUT2D eigenvalue weighted by Gasteiger charge is 2.31. The molecule has 120 valence electrons. The molecule has 0 spiro atoms. The number of fused-ring (bicyclic) bond motifs is 2. The fraction of sp³-hybridized carbons (Fsp3) is 0.267. The van der Waals surface area contributed by atoms with Gasteiger partial charge in [-0.05, 0) is 42.2 Å². The molecule has 8 heteroatoms. The minimum Gasteiger partial charge on any atom is -0.345 e. The molecule has 2 aromatic rings. The molecule has 1 unspecified atom stereocenters. The van der Waals surface area contributed by atoms with E-state index in [1.807, 2.05) is 18.2 Å². The first-order valence-corrected chi connectivity index (χ1v) is 9.83. The van der Waals surface area contributed by atoms with Crippen molar-refractivity contribution in [1.29, 1.82) is 0 Å². The summed E-state index contributed by atoms with van der Waals surface area (Å²) in [7, 11) is -3.43.